The maximum atomic E-state index is 15.9. The van der Waals surface area contributed by atoms with Gasteiger partial charge in [0.05, 0.1) is 12.4 Å². The summed E-state index contributed by atoms with van der Waals surface area (Å²) < 4.78 is 51.7. The molecule has 15 nitrogen and oxygen atoms in total. The summed E-state index contributed by atoms with van der Waals surface area (Å²) in [5.41, 5.74) is 4.57. The molecule has 0 aliphatic carbocycles. The number of aromatic amines is 1. The van der Waals surface area contributed by atoms with E-state index in [0.29, 0.717) is 0 Å². The van der Waals surface area contributed by atoms with Crippen LogP contribution in [0, 0.1) is 0 Å². The van der Waals surface area contributed by atoms with Gasteiger partial charge in [0.1, 0.15) is 30.6 Å². The smallest absolute Gasteiger partial charge is 0.459 e. The normalized spacial score (nSPS) is 25.5. The maximum Gasteiger partial charge on any atom is 0.459 e. The monoisotopic (exact) mass is 570 g/mol. The summed E-state index contributed by atoms with van der Waals surface area (Å²) in [6, 6.07) is 6.53. The topological polar surface area (TPSA) is 213 Å². The number of nitrogens with one attached hydrogen (secondary N) is 2. The number of fused-ring (bicyclic) bond motifs is 1. The molecular weight excluding hydrogens is 542 g/mol. The van der Waals surface area contributed by atoms with Crippen LogP contribution < -0.4 is 20.9 Å². The predicted molar refractivity (Wildman–Crippen MR) is 133 cm³/mol. The number of nitrogen functional groups attached to an aromatic ring is 1. The highest BCUT2D eigenvalue weighted by Gasteiger charge is 2.57. The number of halogens is 1. The average Bonchev–Trinajstić information content (AvgIpc) is 3.38. The Labute approximate surface area is 220 Å². The molecule has 2 aromatic heterocycles. The fraction of sp³-hybridized carbons (Fsp3) is 0.455. The number of carbonyl (C=O) groups is 1. The first kappa shape index (κ1) is 28.6. The lowest BCUT2D eigenvalue weighted by atomic mass is 10.1. The molecule has 0 radical (unpaired) electrons. The molecule has 0 spiro atoms. The van der Waals surface area contributed by atoms with Crippen molar-refractivity contribution in [3.63, 3.8) is 0 Å². The lowest BCUT2D eigenvalue weighted by Crippen LogP contribution is -2.44. The van der Waals surface area contributed by atoms with Crippen molar-refractivity contribution in [3.8, 4) is 5.75 Å². The van der Waals surface area contributed by atoms with Crippen molar-refractivity contribution in [2.75, 3.05) is 12.3 Å². The molecule has 1 fully saturated rings. The SMILES string of the molecule is CC(C)OC(=O)[C@@H](C)NP(=O)(OC[C@@]1(F)O[C@@H](n2cnc3c(=O)[nH]c(N)nc32)[C@H](O)[C@@H]1O)Oc1ccccc1. The van der Waals surface area contributed by atoms with Gasteiger partial charge in [-0.05, 0) is 32.9 Å². The summed E-state index contributed by atoms with van der Waals surface area (Å²) in [6.45, 7) is 3.37. The second kappa shape index (κ2) is 11.0. The van der Waals surface area contributed by atoms with E-state index in [9.17, 15) is 24.4 Å². The van der Waals surface area contributed by atoms with Crippen LogP contribution in [0.4, 0.5) is 10.3 Å². The van der Waals surface area contributed by atoms with E-state index in [1.54, 1.807) is 32.0 Å². The Balaban J connectivity index is 1.57. The Bertz CT molecular complexity index is 1440. The number of nitrogens with two attached hydrogens (primary N) is 1. The van der Waals surface area contributed by atoms with Gasteiger partial charge in [-0.25, -0.2) is 13.9 Å². The van der Waals surface area contributed by atoms with Crippen LogP contribution in [0.25, 0.3) is 11.2 Å². The zero-order valence-corrected chi connectivity index (χ0v) is 21.9. The van der Waals surface area contributed by atoms with Crippen molar-refractivity contribution in [1.82, 2.24) is 24.6 Å². The molecule has 1 aromatic carbocycles. The van der Waals surface area contributed by atoms with Crippen LogP contribution in [-0.4, -0.2) is 72.5 Å². The van der Waals surface area contributed by atoms with Crippen molar-refractivity contribution in [2.24, 2.45) is 0 Å². The van der Waals surface area contributed by atoms with Gasteiger partial charge < -0.3 is 29.9 Å². The molecule has 6 atom stereocenters. The molecule has 0 amide bonds. The lowest BCUT2D eigenvalue weighted by molar-refractivity contribution is -0.202. The van der Waals surface area contributed by atoms with Gasteiger partial charge in [-0.2, -0.15) is 10.1 Å². The molecule has 0 bridgehead atoms. The molecule has 39 heavy (non-hydrogen) atoms. The third kappa shape index (κ3) is 6.11. The van der Waals surface area contributed by atoms with E-state index in [1.165, 1.54) is 19.1 Å². The minimum Gasteiger partial charge on any atom is -0.462 e. The number of nitrogens with zero attached hydrogens (tertiary/aromatic N) is 3. The number of alkyl halides is 1. The Hall–Kier alpha value is -3.40. The number of hydrogen-bond acceptors (Lipinski definition) is 12. The Morgan fingerprint density at radius 1 is 1.33 bits per heavy atom. The van der Waals surface area contributed by atoms with E-state index < -0.39 is 62.3 Å². The van der Waals surface area contributed by atoms with E-state index in [-0.39, 0.29) is 22.9 Å². The first-order valence-corrected chi connectivity index (χ1v) is 13.3. The van der Waals surface area contributed by atoms with Crippen LogP contribution in [0.15, 0.2) is 41.5 Å². The van der Waals surface area contributed by atoms with Crippen LogP contribution in [0.5, 0.6) is 5.75 Å². The highest BCUT2D eigenvalue weighted by Crippen LogP contribution is 2.48. The maximum absolute atomic E-state index is 15.9. The van der Waals surface area contributed by atoms with Crippen LogP contribution in [0.3, 0.4) is 0 Å². The lowest BCUT2D eigenvalue weighted by Gasteiger charge is -2.27. The molecule has 3 heterocycles. The molecule has 1 aliphatic heterocycles. The summed E-state index contributed by atoms with van der Waals surface area (Å²) >= 11 is 0. The van der Waals surface area contributed by atoms with Gasteiger partial charge in [0.15, 0.2) is 17.4 Å². The van der Waals surface area contributed by atoms with Gasteiger partial charge in [-0.15, -0.1) is 0 Å². The highest BCUT2D eigenvalue weighted by atomic mass is 31.2. The number of esters is 1. The van der Waals surface area contributed by atoms with Crippen molar-refractivity contribution >= 4 is 30.8 Å². The minimum absolute atomic E-state index is 0.0650. The van der Waals surface area contributed by atoms with Gasteiger partial charge in [0.2, 0.25) is 5.95 Å². The van der Waals surface area contributed by atoms with Crippen molar-refractivity contribution in [1.29, 1.82) is 0 Å². The number of aromatic nitrogens is 4. The summed E-state index contributed by atoms with van der Waals surface area (Å²) in [6.07, 6.45) is -5.17. The molecule has 6 N–H and O–H groups in total. The number of hydrogen-bond donors (Lipinski definition) is 5. The highest BCUT2D eigenvalue weighted by molar-refractivity contribution is 7.52. The molecule has 1 aliphatic rings. The number of benzene rings is 1. The second-order valence-corrected chi connectivity index (χ2v) is 10.7. The fourth-order valence-corrected chi connectivity index (χ4v) is 5.23. The fourth-order valence-electron chi connectivity index (χ4n) is 3.73. The molecule has 4 rings (SSSR count). The van der Waals surface area contributed by atoms with Crippen molar-refractivity contribution < 1.29 is 42.5 Å². The number of imidazole rings is 1. The molecule has 17 heteroatoms. The zero-order chi connectivity index (χ0) is 28.5. The van der Waals surface area contributed by atoms with Gasteiger partial charge in [-0.1, -0.05) is 18.2 Å². The van der Waals surface area contributed by atoms with E-state index in [2.05, 4.69) is 20.0 Å². The number of para-hydroxylation sites is 1. The largest absolute Gasteiger partial charge is 0.462 e. The van der Waals surface area contributed by atoms with Crippen LogP contribution in [0.1, 0.15) is 27.0 Å². The Kier molecular flexibility index (Phi) is 8.07. The van der Waals surface area contributed by atoms with E-state index in [1.807, 2.05) is 0 Å². The standard InChI is InChI=1S/C22H28FN6O9P/c1-11(2)36-20(33)12(3)28-39(34,38-13-7-5-4-6-8-13)35-9-22(23)16(31)15(30)19(37-22)29-10-25-14-17(29)26-21(24)27-18(14)32/h4-8,10-12,15-16,19,30-31H,9H2,1-3H3,(H,28,34)(H3,24,26,27,32)/t12-,15-,16+,19-,22-,39?/m1/s1. The minimum atomic E-state index is -4.53. The molecule has 3 aromatic rings. The van der Waals surface area contributed by atoms with Crippen LogP contribution in [0.2, 0.25) is 0 Å². The number of anilines is 1. The van der Waals surface area contributed by atoms with Crippen LogP contribution in [-0.2, 0) is 23.4 Å². The first-order chi connectivity index (χ1) is 18.3. The number of carbonyl (C=O) groups excluding carboxylic acids is 1. The molecule has 212 valence electrons. The number of ether oxygens (including phenoxy) is 2. The number of rotatable bonds is 10. The Morgan fingerprint density at radius 3 is 2.69 bits per heavy atom. The van der Waals surface area contributed by atoms with Crippen LogP contribution >= 0.6 is 7.75 Å². The summed E-state index contributed by atoms with van der Waals surface area (Å²) in [5, 5.41) is 23.5. The third-order valence-corrected chi connectivity index (χ3v) is 7.18. The van der Waals surface area contributed by atoms with Gasteiger partial charge in [0.25, 0.3) is 11.4 Å². The van der Waals surface area contributed by atoms with E-state index in [0.717, 1.165) is 10.9 Å². The summed E-state index contributed by atoms with van der Waals surface area (Å²) in [5.74, 6) is -4.11. The van der Waals surface area contributed by atoms with Gasteiger partial charge >= 0.3 is 13.7 Å². The second-order valence-electron chi connectivity index (χ2n) is 9.02. The number of aliphatic hydroxyl groups is 2. The molecule has 1 unspecified atom stereocenters. The zero-order valence-electron chi connectivity index (χ0n) is 21.1. The van der Waals surface area contributed by atoms with E-state index in [4.69, 9.17) is 24.3 Å². The Morgan fingerprint density at radius 2 is 2.03 bits per heavy atom. The summed E-state index contributed by atoms with van der Waals surface area (Å²) in [7, 11) is -4.53. The molecule has 1 saturated heterocycles. The summed E-state index contributed by atoms with van der Waals surface area (Å²) in [4.78, 5) is 34.4. The quantitative estimate of drug-likeness (QED) is 0.168. The molecular formula is C22H28FN6O9P. The molecule has 0 saturated carbocycles. The first-order valence-electron chi connectivity index (χ1n) is 11.7. The van der Waals surface area contributed by atoms with Gasteiger partial charge in [0, 0.05) is 0 Å². The van der Waals surface area contributed by atoms with Crippen molar-refractivity contribution in [3.05, 3.63) is 47.0 Å². The predicted octanol–water partition coefficient (Wildman–Crippen LogP) is 0.752. The third-order valence-electron chi connectivity index (χ3n) is 5.56. The average molecular weight is 570 g/mol. The van der Waals surface area contributed by atoms with E-state index >= 15 is 4.39 Å². The number of aliphatic hydroxyl groups excluding tert-OH is 2. The number of H-pyrrole nitrogens is 1. The van der Waals surface area contributed by atoms with Gasteiger partial charge in [-0.3, -0.25) is 23.7 Å². The van der Waals surface area contributed by atoms with Crippen molar-refractivity contribution in [2.45, 2.75) is 57.2 Å².